The molecular formula is C20H40O2Sr. The van der Waals surface area contributed by atoms with Crippen LogP contribution in [0.3, 0.4) is 0 Å². The van der Waals surface area contributed by atoms with Crippen LogP contribution in [0.2, 0.25) is 0 Å². The van der Waals surface area contributed by atoms with Crippen molar-refractivity contribution in [3.8, 4) is 0 Å². The van der Waals surface area contributed by atoms with Gasteiger partial charge in [0.2, 0.25) is 0 Å². The Hall–Kier alpha value is 0.691. The number of hydrogen-bond acceptors (Lipinski definition) is 1. The Morgan fingerprint density at radius 3 is 1.78 bits per heavy atom. The van der Waals surface area contributed by atoms with Crippen molar-refractivity contribution in [3.63, 3.8) is 0 Å². The fraction of sp³-hybridized carbons (Fsp3) is 0.850. The van der Waals surface area contributed by atoms with Crippen molar-refractivity contribution in [2.24, 2.45) is 17.8 Å². The molecular weight excluding hydrogens is 360 g/mol. The molecule has 0 amide bonds. The second-order valence-electron chi connectivity index (χ2n) is 7.69. The molecule has 0 unspecified atom stereocenters. The zero-order valence-electron chi connectivity index (χ0n) is 18.2. The summed E-state index contributed by atoms with van der Waals surface area (Å²) in [5, 5.41) is 8.68. The van der Waals surface area contributed by atoms with Gasteiger partial charge in [0.25, 0.3) is 0 Å². The zero-order valence-corrected chi connectivity index (χ0v) is 19.7. The molecule has 0 aromatic carbocycles. The third kappa shape index (κ3) is 18.9. The maximum atomic E-state index is 10.5. The van der Waals surface area contributed by atoms with E-state index in [1.54, 1.807) is 0 Å². The normalized spacial score (nSPS) is 14.4. The second-order valence-corrected chi connectivity index (χ2v) is 7.69. The van der Waals surface area contributed by atoms with E-state index in [2.05, 4.69) is 27.7 Å². The third-order valence-electron chi connectivity index (χ3n) is 4.51. The van der Waals surface area contributed by atoms with E-state index in [0.717, 1.165) is 36.2 Å². The van der Waals surface area contributed by atoms with Crippen LogP contribution in [-0.4, -0.2) is 56.6 Å². The van der Waals surface area contributed by atoms with Gasteiger partial charge in [-0.1, -0.05) is 78.2 Å². The fourth-order valence-electron chi connectivity index (χ4n) is 2.99. The van der Waals surface area contributed by atoms with Crippen LogP contribution in [0, 0.1) is 17.8 Å². The van der Waals surface area contributed by atoms with Gasteiger partial charge in [-0.2, -0.15) is 0 Å². The summed E-state index contributed by atoms with van der Waals surface area (Å²) in [6.45, 7) is 11.3. The summed E-state index contributed by atoms with van der Waals surface area (Å²) < 4.78 is 0. The molecule has 0 aliphatic rings. The van der Waals surface area contributed by atoms with Crippen molar-refractivity contribution in [1.29, 1.82) is 0 Å². The summed E-state index contributed by atoms with van der Waals surface area (Å²) in [7, 11) is 0. The Morgan fingerprint density at radius 2 is 1.35 bits per heavy atom. The van der Waals surface area contributed by atoms with Crippen LogP contribution in [0.15, 0.2) is 11.6 Å². The molecule has 3 heteroatoms. The molecule has 1 N–H and O–H groups in total. The van der Waals surface area contributed by atoms with Gasteiger partial charge in [0.05, 0.1) is 0 Å². The smallest absolute Gasteiger partial charge is 1.00 e. The van der Waals surface area contributed by atoms with Crippen molar-refractivity contribution < 1.29 is 12.8 Å². The van der Waals surface area contributed by atoms with Crippen molar-refractivity contribution in [1.82, 2.24) is 0 Å². The summed E-state index contributed by atoms with van der Waals surface area (Å²) >= 11 is 0. The van der Waals surface area contributed by atoms with Gasteiger partial charge in [-0.15, -0.1) is 0 Å². The Bertz CT molecular complexity index is 334. The van der Waals surface area contributed by atoms with E-state index < -0.39 is 5.97 Å². The van der Waals surface area contributed by atoms with Crippen LogP contribution in [0.1, 0.15) is 95.3 Å². The van der Waals surface area contributed by atoms with Crippen molar-refractivity contribution in [2.75, 3.05) is 0 Å². The van der Waals surface area contributed by atoms with E-state index in [1.807, 2.05) is 6.92 Å². The number of carboxylic acids is 1. The Labute approximate surface area is 184 Å². The predicted octanol–water partition coefficient (Wildman–Crippen LogP) is 6.30. The Balaban J connectivity index is -0.000000735. The minimum atomic E-state index is -0.822. The van der Waals surface area contributed by atoms with E-state index in [4.69, 9.17) is 5.11 Å². The minimum Gasteiger partial charge on any atom is -1.00 e. The first-order valence-corrected chi connectivity index (χ1v) is 9.21. The first kappa shape index (κ1) is 25.9. The Morgan fingerprint density at radius 1 is 0.913 bits per heavy atom. The largest absolute Gasteiger partial charge is 2.00 e. The topological polar surface area (TPSA) is 37.3 Å². The van der Waals surface area contributed by atoms with E-state index in [0.29, 0.717) is 0 Å². The molecule has 0 heterocycles. The van der Waals surface area contributed by atoms with Crippen molar-refractivity contribution in [3.05, 3.63) is 11.6 Å². The van der Waals surface area contributed by atoms with Crippen LogP contribution in [-0.2, 0) is 4.79 Å². The van der Waals surface area contributed by atoms with Crippen LogP contribution in [0.5, 0.6) is 0 Å². The van der Waals surface area contributed by atoms with Crippen LogP contribution in [0.4, 0.5) is 0 Å². The second kappa shape index (κ2) is 16.2. The van der Waals surface area contributed by atoms with Crippen LogP contribution < -0.4 is 0 Å². The number of hydrogen-bond donors (Lipinski definition) is 1. The van der Waals surface area contributed by atoms with Gasteiger partial charge < -0.3 is 7.96 Å². The van der Waals surface area contributed by atoms with Crippen molar-refractivity contribution >= 4 is 51.5 Å². The molecule has 134 valence electrons. The van der Waals surface area contributed by atoms with Gasteiger partial charge in [0.1, 0.15) is 0 Å². The van der Waals surface area contributed by atoms with Gasteiger partial charge in [0.15, 0.2) is 0 Å². The standard InChI is InChI=1S/C20H38O2.Sr.2H/c1-16(2)9-6-10-17(3)11-7-12-18(4)13-8-14-19(5)15-20(21)22;;;/h15-18H,6-14H2,1-5H3,(H,21,22);;;/q;+2;2*-1/b19-15+;;;/t17-,18-;;;/m1.../s1. The van der Waals surface area contributed by atoms with E-state index in [9.17, 15) is 4.79 Å². The summed E-state index contributed by atoms with van der Waals surface area (Å²) in [6, 6.07) is 0. The zero-order chi connectivity index (χ0) is 17.0. The number of carboxylic acid groups (broad SMARTS) is 1. The maximum absolute atomic E-state index is 10.5. The summed E-state index contributed by atoms with van der Waals surface area (Å²) in [5.74, 6) is 1.65. The molecule has 0 radical (unpaired) electrons. The van der Waals surface area contributed by atoms with E-state index in [-0.39, 0.29) is 48.3 Å². The molecule has 0 spiro atoms. The third-order valence-corrected chi connectivity index (χ3v) is 4.51. The summed E-state index contributed by atoms with van der Waals surface area (Å²) in [6.07, 6.45) is 12.7. The van der Waals surface area contributed by atoms with Gasteiger partial charge in [-0.05, 0) is 37.5 Å². The van der Waals surface area contributed by atoms with Gasteiger partial charge >= 0.3 is 51.5 Å². The average molecular weight is 400 g/mol. The molecule has 0 saturated heterocycles. The monoisotopic (exact) mass is 400 g/mol. The molecule has 0 bridgehead atoms. The SMILES string of the molecule is C/C(=C\C(=O)O)CCC[C@H](C)CCC[C@H](C)CCCC(C)C.[H-].[H-].[Sr+2]. The molecule has 23 heavy (non-hydrogen) atoms. The average Bonchev–Trinajstić information content (AvgIpc) is 2.37. The fourth-order valence-corrected chi connectivity index (χ4v) is 2.99. The predicted molar refractivity (Wildman–Crippen MR) is 104 cm³/mol. The number of allylic oxidation sites excluding steroid dienone is 1. The summed E-state index contributed by atoms with van der Waals surface area (Å²) in [4.78, 5) is 10.5. The maximum Gasteiger partial charge on any atom is 2.00 e. The molecule has 0 aromatic rings. The quantitative estimate of drug-likeness (QED) is 0.291. The molecule has 2 atom stereocenters. The molecule has 0 fully saturated rings. The first-order chi connectivity index (χ1) is 10.3. The van der Waals surface area contributed by atoms with Crippen LogP contribution >= 0.6 is 0 Å². The molecule has 0 aliphatic heterocycles. The minimum absolute atomic E-state index is 0. The summed E-state index contributed by atoms with van der Waals surface area (Å²) in [5.41, 5.74) is 0.985. The Kier molecular flexibility index (Phi) is 18.2. The van der Waals surface area contributed by atoms with Crippen LogP contribution in [0.25, 0.3) is 0 Å². The van der Waals surface area contributed by atoms with Crippen molar-refractivity contribution in [2.45, 2.75) is 92.4 Å². The number of rotatable bonds is 13. The van der Waals surface area contributed by atoms with Gasteiger partial charge in [0, 0.05) is 6.08 Å². The number of aliphatic carboxylic acids is 1. The molecule has 0 rings (SSSR count). The molecule has 2 nitrogen and oxygen atoms in total. The molecule has 0 aromatic heterocycles. The number of carbonyl (C=O) groups is 1. The van der Waals surface area contributed by atoms with Gasteiger partial charge in [-0.25, -0.2) is 4.79 Å². The van der Waals surface area contributed by atoms with E-state index >= 15 is 0 Å². The molecule has 0 saturated carbocycles. The van der Waals surface area contributed by atoms with E-state index in [1.165, 1.54) is 51.0 Å². The van der Waals surface area contributed by atoms with Gasteiger partial charge in [-0.3, -0.25) is 0 Å². The first-order valence-electron chi connectivity index (χ1n) is 9.21. The molecule has 0 aliphatic carbocycles.